The van der Waals surface area contributed by atoms with E-state index in [-0.39, 0.29) is 5.91 Å². The molecule has 0 bridgehead atoms. The van der Waals surface area contributed by atoms with Gasteiger partial charge in [0.15, 0.2) is 0 Å². The smallest absolute Gasteiger partial charge is 0.217 e. The van der Waals surface area contributed by atoms with Crippen LogP contribution in [0.3, 0.4) is 0 Å². The van der Waals surface area contributed by atoms with Gasteiger partial charge in [-0.25, -0.2) is 0 Å². The van der Waals surface area contributed by atoms with Crippen LogP contribution in [0.15, 0.2) is 24.3 Å². The van der Waals surface area contributed by atoms with Crippen molar-refractivity contribution in [3.8, 4) is 0 Å². The molecule has 1 amide bonds. The van der Waals surface area contributed by atoms with Gasteiger partial charge in [0.25, 0.3) is 0 Å². The third kappa shape index (κ3) is 4.55. The minimum absolute atomic E-state index is 0.282. The Bertz CT molecular complexity index is 450. The third-order valence-corrected chi connectivity index (χ3v) is 4.65. The number of hydrogen-bond donors (Lipinski definition) is 3. The van der Waals surface area contributed by atoms with Gasteiger partial charge in [-0.05, 0) is 61.6 Å². The summed E-state index contributed by atoms with van der Waals surface area (Å²) in [5.41, 5.74) is 12.9. The van der Waals surface area contributed by atoms with Crippen LogP contribution in [-0.4, -0.2) is 17.6 Å². The zero-order valence-corrected chi connectivity index (χ0v) is 12.5. The highest BCUT2D eigenvalue weighted by Gasteiger charge is 2.26. The monoisotopic (exact) mass is 290 g/mol. The standard InChI is InChI=1S/C17H26N2O2/c18-11-13-3-8-15(9-4-13)17(21)14-6-1-12(2-7-14)5-10-16(19)20/h1-2,6-7,13,15,17,21H,3-5,8-11,18H2,(H2,19,20). The van der Waals surface area contributed by atoms with Crippen LogP contribution in [0, 0.1) is 11.8 Å². The van der Waals surface area contributed by atoms with Gasteiger partial charge in [-0.3, -0.25) is 4.79 Å². The molecule has 21 heavy (non-hydrogen) atoms. The van der Waals surface area contributed by atoms with E-state index in [9.17, 15) is 9.90 Å². The highest BCUT2D eigenvalue weighted by molar-refractivity contribution is 5.73. The lowest BCUT2D eigenvalue weighted by molar-refractivity contribution is -0.117. The lowest BCUT2D eigenvalue weighted by Gasteiger charge is -2.31. The molecule has 0 aliphatic heterocycles. The van der Waals surface area contributed by atoms with Gasteiger partial charge in [0.2, 0.25) is 5.91 Å². The molecule has 2 rings (SSSR count). The summed E-state index contributed by atoms with van der Waals surface area (Å²) in [6, 6.07) is 7.89. The minimum atomic E-state index is -0.395. The first kappa shape index (κ1) is 16.0. The van der Waals surface area contributed by atoms with Crippen LogP contribution < -0.4 is 11.5 Å². The Balaban J connectivity index is 1.90. The molecule has 4 nitrogen and oxygen atoms in total. The molecule has 116 valence electrons. The molecule has 1 aromatic rings. The summed E-state index contributed by atoms with van der Waals surface area (Å²) < 4.78 is 0. The van der Waals surface area contributed by atoms with Crippen LogP contribution in [0.5, 0.6) is 0 Å². The maximum absolute atomic E-state index is 10.8. The van der Waals surface area contributed by atoms with E-state index in [1.165, 1.54) is 0 Å². The second kappa shape index (κ2) is 7.57. The maximum atomic E-state index is 10.8. The van der Waals surface area contributed by atoms with Crippen LogP contribution in [0.2, 0.25) is 0 Å². The first-order valence-corrected chi connectivity index (χ1v) is 7.85. The number of hydrogen-bond acceptors (Lipinski definition) is 3. The summed E-state index contributed by atoms with van der Waals surface area (Å²) in [4.78, 5) is 10.8. The Morgan fingerprint density at radius 1 is 1.19 bits per heavy atom. The van der Waals surface area contributed by atoms with Gasteiger partial charge in [0.1, 0.15) is 0 Å². The Hall–Kier alpha value is -1.39. The van der Waals surface area contributed by atoms with Crippen molar-refractivity contribution in [2.45, 2.75) is 44.6 Å². The maximum Gasteiger partial charge on any atom is 0.217 e. The van der Waals surface area contributed by atoms with Crippen molar-refractivity contribution in [2.75, 3.05) is 6.54 Å². The van der Waals surface area contributed by atoms with Crippen molar-refractivity contribution in [1.82, 2.24) is 0 Å². The summed E-state index contributed by atoms with van der Waals surface area (Å²) in [6.45, 7) is 0.761. The number of primary amides is 1. The molecule has 0 spiro atoms. The van der Waals surface area contributed by atoms with Gasteiger partial charge in [-0.1, -0.05) is 24.3 Å². The van der Waals surface area contributed by atoms with E-state index >= 15 is 0 Å². The largest absolute Gasteiger partial charge is 0.388 e. The van der Waals surface area contributed by atoms with E-state index in [1.807, 2.05) is 24.3 Å². The van der Waals surface area contributed by atoms with Gasteiger partial charge < -0.3 is 16.6 Å². The fraction of sp³-hybridized carbons (Fsp3) is 0.588. The van der Waals surface area contributed by atoms with E-state index in [1.54, 1.807) is 0 Å². The number of aliphatic hydroxyl groups is 1. The Morgan fingerprint density at radius 2 is 1.81 bits per heavy atom. The number of amides is 1. The molecule has 1 fully saturated rings. The summed E-state index contributed by atoms with van der Waals surface area (Å²) in [5, 5.41) is 10.5. The second-order valence-corrected chi connectivity index (χ2v) is 6.17. The predicted octanol–water partition coefficient (Wildman–Crippen LogP) is 1.90. The third-order valence-electron chi connectivity index (χ3n) is 4.65. The van der Waals surface area contributed by atoms with Crippen LogP contribution in [0.4, 0.5) is 0 Å². The van der Waals surface area contributed by atoms with Crippen LogP contribution in [0.25, 0.3) is 0 Å². The molecule has 4 heteroatoms. The number of benzene rings is 1. The Kier molecular flexibility index (Phi) is 5.76. The number of nitrogens with two attached hydrogens (primary N) is 2. The molecule has 1 saturated carbocycles. The van der Waals surface area contributed by atoms with Gasteiger partial charge in [0, 0.05) is 6.42 Å². The van der Waals surface area contributed by atoms with Crippen LogP contribution >= 0.6 is 0 Å². The van der Waals surface area contributed by atoms with E-state index in [0.717, 1.165) is 43.4 Å². The number of carbonyl (C=O) groups excluding carboxylic acids is 1. The summed E-state index contributed by atoms with van der Waals surface area (Å²) >= 11 is 0. The van der Waals surface area contributed by atoms with Crippen molar-refractivity contribution in [3.05, 3.63) is 35.4 Å². The number of aryl methyl sites for hydroxylation is 1. The van der Waals surface area contributed by atoms with Gasteiger partial charge >= 0.3 is 0 Å². The fourth-order valence-corrected chi connectivity index (χ4v) is 3.16. The number of carbonyl (C=O) groups is 1. The molecule has 0 aromatic heterocycles. The topological polar surface area (TPSA) is 89.3 Å². The molecule has 0 heterocycles. The highest BCUT2D eigenvalue weighted by Crippen LogP contribution is 2.36. The minimum Gasteiger partial charge on any atom is -0.388 e. The summed E-state index contributed by atoms with van der Waals surface area (Å²) in [7, 11) is 0. The molecule has 0 saturated heterocycles. The first-order valence-electron chi connectivity index (χ1n) is 7.85. The van der Waals surface area contributed by atoms with Crippen molar-refractivity contribution in [3.63, 3.8) is 0 Å². The van der Waals surface area contributed by atoms with Gasteiger partial charge in [-0.2, -0.15) is 0 Å². The highest BCUT2D eigenvalue weighted by atomic mass is 16.3. The van der Waals surface area contributed by atoms with Crippen LogP contribution in [0.1, 0.15) is 49.3 Å². The summed E-state index contributed by atoms with van der Waals surface area (Å²) in [6.07, 6.45) is 4.97. The van der Waals surface area contributed by atoms with Gasteiger partial charge in [-0.15, -0.1) is 0 Å². The van der Waals surface area contributed by atoms with E-state index < -0.39 is 6.10 Å². The lowest BCUT2D eigenvalue weighted by Crippen LogP contribution is -2.24. The van der Waals surface area contributed by atoms with Crippen molar-refractivity contribution >= 4 is 5.91 Å². The molecule has 1 aliphatic carbocycles. The van der Waals surface area contributed by atoms with Crippen molar-refractivity contribution in [2.24, 2.45) is 23.3 Å². The molecule has 5 N–H and O–H groups in total. The van der Waals surface area contributed by atoms with E-state index in [4.69, 9.17) is 11.5 Å². The molecule has 1 aromatic carbocycles. The predicted molar refractivity (Wildman–Crippen MR) is 83.4 cm³/mol. The van der Waals surface area contributed by atoms with Crippen LogP contribution in [-0.2, 0) is 11.2 Å². The quantitative estimate of drug-likeness (QED) is 0.747. The molecule has 1 aliphatic rings. The average molecular weight is 290 g/mol. The zero-order chi connectivity index (χ0) is 15.2. The Labute approximate surface area is 126 Å². The fourth-order valence-electron chi connectivity index (χ4n) is 3.16. The Morgan fingerprint density at radius 3 is 2.33 bits per heavy atom. The second-order valence-electron chi connectivity index (χ2n) is 6.17. The molecule has 1 atom stereocenters. The average Bonchev–Trinajstić information content (AvgIpc) is 2.53. The van der Waals surface area contributed by atoms with Crippen molar-refractivity contribution in [1.29, 1.82) is 0 Å². The molecular weight excluding hydrogens is 264 g/mol. The lowest BCUT2D eigenvalue weighted by atomic mass is 9.78. The van der Waals surface area contributed by atoms with E-state index in [0.29, 0.717) is 24.7 Å². The van der Waals surface area contributed by atoms with Gasteiger partial charge in [0.05, 0.1) is 6.10 Å². The van der Waals surface area contributed by atoms with Crippen molar-refractivity contribution < 1.29 is 9.90 Å². The number of aliphatic hydroxyl groups excluding tert-OH is 1. The first-order chi connectivity index (χ1) is 10.1. The molecular formula is C17H26N2O2. The van der Waals surface area contributed by atoms with E-state index in [2.05, 4.69) is 0 Å². The molecule has 1 unspecified atom stereocenters. The SMILES string of the molecule is NCC1CCC(C(O)c2ccc(CCC(N)=O)cc2)CC1. The summed E-state index contributed by atoms with van der Waals surface area (Å²) in [5.74, 6) is 0.685. The molecule has 0 radical (unpaired) electrons. The normalized spacial score (nSPS) is 23.7. The zero-order valence-electron chi connectivity index (χ0n) is 12.5. The number of rotatable bonds is 6.